The number of thioether (sulfide) groups is 1. The van der Waals surface area contributed by atoms with E-state index in [4.69, 9.17) is 0 Å². The quantitative estimate of drug-likeness (QED) is 0.492. The monoisotopic (exact) mass is 480 g/mol. The van der Waals surface area contributed by atoms with Crippen LogP contribution in [0.2, 0.25) is 0 Å². The average molecular weight is 481 g/mol. The Morgan fingerprint density at radius 3 is 2.56 bits per heavy atom. The molecule has 2 aromatic carbocycles. The van der Waals surface area contributed by atoms with E-state index in [1.807, 2.05) is 68.8 Å². The number of halogens is 1. The second-order valence-electron chi connectivity index (χ2n) is 8.55. The van der Waals surface area contributed by atoms with E-state index in [0.717, 1.165) is 10.6 Å². The van der Waals surface area contributed by atoms with Crippen LogP contribution in [0.25, 0.3) is 0 Å². The number of nitrogens with zero attached hydrogens (tertiary/aromatic N) is 3. The maximum Gasteiger partial charge on any atom is 0.322 e. The predicted octanol–water partition coefficient (Wildman–Crippen LogP) is 5.22. The van der Waals surface area contributed by atoms with Crippen molar-refractivity contribution >= 4 is 29.4 Å². The first-order valence-electron chi connectivity index (χ1n) is 11.3. The van der Waals surface area contributed by atoms with Crippen LogP contribution >= 0.6 is 11.8 Å². The molecule has 8 heteroatoms. The fourth-order valence-electron chi connectivity index (χ4n) is 4.27. The number of rotatable bonds is 6. The molecule has 1 atom stereocenters. The van der Waals surface area contributed by atoms with Gasteiger partial charge in [0.25, 0.3) is 0 Å². The summed E-state index contributed by atoms with van der Waals surface area (Å²) in [5.74, 6) is -0.521. The molecule has 0 bridgehead atoms. The van der Waals surface area contributed by atoms with Crippen molar-refractivity contribution in [1.82, 2.24) is 14.4 Å². The summed E-state index contributed by atoms with van der Waals surface area (Å²) in [5.41, 5.74) is 2.32. The van der Waals surface area contributed by atoms with E-state index in [2.05, 4.69) is 9.88 Å². The Labute approximate surface area is 203 Å². The summed E-state index contributed by atoms with van der Waals surface area (Å²) >= 11 is 1.63. The van der Waals surface area contributed by atoms with Crippen molar-refractivity contribution in [3.8, 4) is 0 Å². The Morgan fingerprint density at radius 2 is 1.88 bits per heavy atom. The lowest BCUT2D eigenvalue weighted by Crippen LogP contribution is -2.50. The van der Waals surface area contributed by atoms with Crippen molar-refractivity contribution in [2.45, 2.75) is 37.4 Å². The van der Waals surface area contributed by atoms with E-state index < -0.39 is 6.04 Å². The van der Waals surface area contributed by atoms with Crippen molar-refractivity contribution in [1.29, 1.82) is 0 Å². The largest absolute Gasteiger partial charge is 0.348 e. The van der Waals surface area contributed by atoms with E-state index >= 15 is 0 Å². The highest BCUT2D eigenvalue weighted by atomic mass is 32.2. The van der Waals surface area contributed by atoms with Gasteiger partial charge in [0.05, 0.1) is 6.04 Å². The molecule has 0 spiro atoms. The minimum absolute atomic E-state index is 0.0705. The summed E-state index contributed by atoms with van der Waals surface area (Å²) in [5, 5.41) is 2.90. The number of amides is 3. The molecule has 3 amide bonds. The van der Waals surface area contributed by atoms with Crippen LogP contribution in [0.4, 0.5) is 14.9 Å². The highest BCUT2D eigenvalue weighted by Gasteiger charge is 2.34. The number of benzene rings is 2. The summed E-state index contributed by atoms with van der Waals surface area (Å²) in [6.07, 6.45) is 3.97. The first-order chi connectivity index (χ1) is 16.4. The third-order valence-corrected chi connectivity index (χ3v) is 6.80. The molecule has 1 aromatic heterocycles. The van der Waals surface area contributed by atoms with E-state index in [0.29, 0.717) is 24.3 Å². The number of hydrogen-bond donors (Lipinski definition) is 1. The minimum Gasteiger partial charge on any atom is -0.348 e. The van der Waals surface area contributed by atoms with Gasteiger partial charge in [0.2, 0.25) is 5.91 Å². The zero-order valence-electron chi connectivity index (χ0n) is 19.6. The third-order valence-electron chi connectivity index (χ3n) is 6.05. The number of aromatic nitrogens is 1. The van der Waals surface area contributed by atoms with Crippen LogP contribution in [-0.2, 0) is 11.3 Å². The highest BCUT2D eigenvalue weighted by molar-refractivity contribution is 7.98. The zero-order chi connectivity index (χ0) is 24.2. The average Bonchev–Trinajstić information content (AvgIpc) is 3.31. The molecular formula is C26H29FN4O2S. The molecule has 1 unspecified atom stereocenters. The molecule has 0 saturated heterocycles. The summed E-state index contributed by atoms with van der Waals surface area (Å²) in [7, 11) is 0. The van der Waals surface area contributed by atoms with Gasteiger partial charge in [-0.15, -0.1) is 11.8 Å². The summed E-state index contributed by atoms with van der Waals surface area (Å²) in [6.45, 7) is 4.82. The Hall–Kier alpha value is -3.26. The lowest BCUT2D eigenvalue weighted by Gasteiger charge is -2.39. The molecule has 3 aromatic rings. The zero-order valence-corrected chi connectivity index (χ0v) is 20.4. The number of carbonyl (C=O) groups is 2. The molecule has 0 fully saturated rings. The Balaban J connectivity index is 1.55. The number of carbonyl (C=O) groups excluding carboxylic acids is 2. The van der Waals surface area contributed by atoms with Crippen LogP contribution in [0.3, 0.4) is 0 Å². The van der Waals surface area contributed by atoms with Crippen LogP contribution in [-0.4, -0.2) is 51.7 Å². The first kappa shape index (κ1) is 23.9. The topological polar surface area (TPSA) is 57.6 Å². The summed E-state index contributed by atoms with van der Waals surface area (Å²) in [4.78, 5) is 31.0. The van der Waals surface area contributed by atoms with E-state index in [9.17, 15) is 14.0 Å². The lowest BCUT2D eigenvalue weighted by molar-refractivity contribution is -0.134. The highest BCUT2D eigenvalue weighted by Crippen LogP contribution is 2.33. The van der Waals surface area contributed by atoms with Gasteiger partial charge in [-0.2, -0.15) is 0 Å². The Bertz CT molecular complexity index is 1160. The molecule has 1 aliphatic rings. The fraction of sp³-hybridized carbons (Fsp3) is 0.308. The van der Waals surface area contributed by atoms with Gasteiger partial charge in [-0.25, -0.2) is 9.18 Å². The molecule has 1 aliphatic heterocycles. The standard InChI is InChI=1S/C26H29FN4O2S/c1-18(2)31(26(33)28-21-9-11-22(34-3)12-10-21)17-24(32)30-15-14-29-13-5-8-23(29)25(30)19-6-4-7-20(27)16-19/h4-13,16,18,25H,14-15,17H2,1-3H3,(H,28,33). The normalized spacial score (nSPS) is 15.2. The van der Waals surface area contributed by atoms with Gasteiger partial charge in [0.1, 0.15) is 12.4 Å². The molecule has 4 rings (SSSR count). The van der Waals surface area contributed by atoms with E-state index in [1.165, 1.54) is 17.0 Å². The second-order valence-corrected chi connectivity index (χ2v) is 9.43. The molecule has 34 heavy (non-hydrogen) atoms. The number of urea groups is 1. The molecule has 6 nitrogen and oxygen atoms in total. The van der Waals surface area contributed by atoms with Crippen molar-refractivity contribution in [3.05, 3.63) is 83.9 Å². The summed E-state index contributed by atoms with van der Waals surface area (Å²) in [6, 6.07) is 16.9. The van der Waals surface area contributed by atoms with Gasteiger partial charge >= 0.3 is 6.03 Å². The minimum atomic E-state index is -0.414. The van der Waals surface area contributed by atoms with Gasteiger partial charge in [-0.05, 0) is 74.2 Å². The number of fused-ring (bicyclic) bond motifs is 1. The molecule has 0 saturated carbocycles. The number of nitrogens with one attached hydrogen (secondary N) is 1. The van der Waals surface area contributed by atoms with Gasteiger partial charge < -0.3 is 19.7 Å². The Kier molecular flexibility index (Phi) is 7.26. The van der Waals surface area contributed by atoms with E-state index in [-0.39, 0.29) is 30.3 Å². The van der Waals surface area contributed by atoms with Crippen LogP contribution in [0, 0.1) is 5.82 Å². The number of hydrogen-bond acceptors (Lipinski definition) is 3. The SMILES string of the molecule is CSc1ccc(NC(=O)N(CC(=O)N2CCn3cccc3C2c2cccc(F)c2)C(C)C)cc1. The van der Waals surface area contributed by atoms with Gasteiger partial charge in [-0.3, -0.25) is 4.79 Å². The first-order valence-corrected chi connectivity index (χ1v) is 12.5. The van der Waals surface area contributed by atoms with Crippen LogP contribution in [0.15, 0.2) is 71.8 Å². The van der Waals surface area contributed by atoms with Crippen LogP contribution < -0.4 is 5.32 Å². The van der Waals surface area contributed by atoms with Gasteiger partial charge in [-0.1, -0.05) is 12.1 Å². The van der Waals surface area contributed by atoms with Crippen LogP contribution in [0.1, 0.15) is 31.1 Å². The number of anilines is 1. The molecule has 0 aliphatic carbocycles. The molecule has 178 valence electrons. The smallest absolute Gasteiger partial charge is 0.322 e. The fourth-order valence-corrected chi connectivity index (χ4v) is 4.68. The maximum atomic E-state index is 14.1. The van der Waals surface area contributed by atoms with Crippen molar-refractivity contribution in [2.24, 2.45) is 0 Å². The predicted molar refractivity (Wildman–Crippen MR) is 133 cm³/mol. The van der Waals surface area contributed by atoms with Crippen molar-refractivity contribution < 1.29 is 14.0 Å². The molecule has 0 radical (unpaired) electrons. The van der Waals surface area contributed by atoms with Crippen molar-refractivity contribution in [2.75, 3.05) is 24.7 Å². The molecule has 1 N–H and O–H groups in total. The van der Waals surface area contributed by atoms with E-state index in [1.54, 1.807) is 22.7 Å². The molecule has 2 heterocycles. The van der Waals surface area contributed by atoms with Crippen molar-refractivity contribution in [3.63, 3.8) is 0 Å². The molecular weight excluding hydrogens is 451 g/mol. The van der Waals surface area contributed by atoms with Crippen LogP contribution in [0.5, 0.6) is 0 Å². The maximum absolute atomic E-state index is 14.1. The second kappa shape index (κ2) is 10.3. The van der Waals surface area contributed by atoms with Gasteiger partial charge in [0.15, 0.2) is 0 Å². The lowest BCUT2D eigenvalue weighted by atomic mass is 9.99. The Morgan fingerprint density at radius 1 is 1.12 bits per heavy atom. The van der Waals surface area contributed by atoms with Gasteiger partial charge in [0, 0.05) is 41.6 Å². The summed E-state index contributed by atoms with van der Waals surface area (Å²) < 4.78 is 16.1. The third kappa shape index (κ3) is 5.12.